The Balaban J connectivity index is 2.55. The summed E-state index contributed by atoms with van der Waals surface area (Å²) in [5.74, 6) is -1.51. The number of esters is 1. The first-order chi connectivity index (χ1) is 13.8. The summed E-state index contributed by atoms with van der Waals surface area (Å²) in [6.45, 7) is -0.645. The molecule has 0 unspecified atom stereocenters. The Hall–Kier alpha value is -2.74. The van der Waals surface area contributed by atoms with E-state index in [0.717, 1.165) is 13.4 Å². The molecule has 0 atom stereocenters. The summed E-state index contributed by atoms with van der Waals surface area (Å²) in [4.78, 5) is 15.1. The minimum atomic E-state index is -4.91. The Kier molecular flexibility index (Phi) is 7.02. The van der Waals surface area contributed by atoms with E-state index < -0.39 is 50.3 Å². The quantitative estimate of drug-likeness (QED) is 0.461. The number of allylic oxidation sites excluding steroid dienone is 2. The van der Waals surface area contributed by atoms with Crippen LogP contribution in [0.15, 0.2) is 48.7 Å². The zero-order valence-corrected chi connectivity index (χ0v) is 17.8. The largest absolute Gasteiger partial charge is 0.468 e. The normalized spacial score (nSPS) is 13.7. The first-order valence-corrected chi connectivity index (χ1v) is 10.5. The van der Waals surface area contributed by atoms with Gasteiger partial charge in [-0.1, -0.05) is 6.07 Å². The predicted molar refractivity (Wildman–Crippen MR) is 102 cm³/mol. The van der Waals surface area contributed by atoms with Crippen LogP contribution >= 0.6 is 15.9 Å². The highest BCUT2D eigenvalue weighted by atomic mass is 79.9. The lowest BCUT2D eigenvalue weighted by atomic mass is 10.2. The van der Waals surface area contributed by atoms with Crippen molar-refractivity contribution in [3.8, 4) is 11.5 Å². The van der Waals surface area contributed by atoms with E-state index in [1.54, 1.807) is 0 Å². The average molecular weight is 511 g/mol. The number of nitrogens with zero attached hydrogens (tertiary/aromatic N) is 3. The Morgan fingerprint density at radius 1 is 1.33 bits per heavy atom. The van der Waals surface area contributed by atoms with E-state index in [0.29, 0.717) is 0 Å². The molecule has 2 aromatic rings. The minimum absolute atomic E-state index is 0.0262. The third-order valence-corrected chi connectivity index (χ3v) is 5.39. The lowest BCUT2D eigenvalue weighted by Gasteiger charge is -2.10. The van der Waals surface area contributed by atoms with Crippen LogP contribution in [-0.4, -0.2) is 56.4 Å². The molecule has 0 saturated carbocycles. The molecule has 162 valence electrons. The van der Waals surface area contributed by atoms with Crippen molar-refractivity contribution < 1.29 is 35.5 Å². The van der Waals surface area contributed by atoms with Gasteiger partial charge in [0.05, 0.1) is 16.5 Å². The molecule has 2 N–H and O–H groups in total. The first kappa shape index (κ1) is 23.5. The number of hydrogen-bond donors (Lipinski definition) is 1. The number of methoxy groups -OCH3 is 1. The molecular formula is C16H14BrF3N4O5S. The molecule has 0 aliphatic heterocycles. The van der Waals surface area contributed by atoms with Crippen LogP contribution in [-0.2, 0) is 19.4 Å². The number of aromatic nitrogens is 2. The second kappa shape index (κ2) is 8.95. The molecule has 1 heterocycles. The van der Waals surface area contributed by atoms with Gasteiger partial charge in [-0.05, 0) is 34.1 Å². The number of alkyl halides is 3. The zero-order valence-electron chi connectivity index (χ0n) is 15.4. The van der Waals surface area contributed by atoms with E-state index in [4.69, 9.17) is 10.2 Å². The summed E-state index contributed by atoms with van der Waals surface area (Å²) in [7, 11) is -2.45. The van der Waals surface area contributed by atoms with E-state index in [1.807, 2.05) is 0 Å². The van der Waals surface area contributed by atoms with Gasteiger partial charge in [0.25, 0.3) is 5.89 Å². The molecule has 0 spiro atoms. The number of rotatable bonds is 6. The fraction of sp³-hybridized carbons (Fsp3) is 0.250. The number of nitrogens with two attached hydrogens (primary N) is 1. The highest BCUT2D eigenvalue weighted by Crippen LogP contribution is 2.30. The molecule has 0 aliphatic rings. The van der Waals surface area contributed by atoms with Gasteiger partial charge in [0.2, 0.25) is 5.89 Å². The summed E-state index contributed by atoms with van der Waals surface area (Å²) in [5.41, 5.74) is 3.24. The topological polar surface area (TPSA) is 138 Å². The second-order valence-corrected chi connectivity index (χ2v) is 8.49. The van der Waals surface area contributed by atoms with Crippen LogP contribution in [0.5, 0.6) is 0 Å². The summed E-state index contributed by atoms with van der Waals surface area (Å²) in [6.07, 6.45) is -3.90. The van der Waals surface area contributed by atoms with Gasteiger partial charge in [-0.15, -0.1) is 10.2 Å². The third-order valence-electron chi connectivity index (χ3n) is 3.48. The van der Waals surface area contributed by atoms with Crippen LogP contribution in [0.4, 0.5) is 13.2 Å². The molecule has 14 heteroatoms. The molecule has 0 bridgehead atoms. The number of carbonyl (C=O) groups is 1. The SMILES string of the molecule is COC(=O)CN=C(C(Br)=C(N)C(F)(F)F)c1nnc(-c2cccc(S(C)(=O)=O)c2)o1. The number of benzene rings is 1. The van der Waals surface area contributed by atoms with Gasteiger partial charge in [-0.25, -0.2) is 8.42 Å². The molecule has 2 rings (SSSR count). The van der Waals surface area contributed by atoms with E-state index in [2.05, 4.69) is 35.9 Å². The van der Waals surface area contributed by atoms with Crippen molar-refractivity contribution in [2.45, 2.75) is 11.1 Å². The number of ether oxygens (including phenoxy) is 1. The van der Waals surface area contributed by atoms with Gasteiger partial charge in [0, 0.05) is 11.8 Å². The number of aliphatic imine (C=N–C) groups is 1. The minimum Gasteiger partial charge on any atom is -0.468 e. The van der Waals surface area contributed by atoms with Crippen molar-refractivity contribution in [1.29, 1.82) is 0 Å². The van der Waals surface area contributed by atoms with Crippen molar-refractivity contribution in [3.05, 3.63) is 40.3 Å². The monoisotopic (exact) mass is 510 g/mol. The van der Waals surface area contributed by atoms with Crippen LogP contribution in [0.3, 0.4) is 0 Å². The Labute approximate surface area is 176 Å². The highest BCUT2D eigenvalue weighted by Gasteiger charge is 2.36. The number of hydrogen-bond acceptors (Lipinski definition) is 9. The summed E-state index contributed by atoms with van der Waals surface area (Å²) < 4.78 is 71.4. The van der Waals surface area contributed by atoms with E-state index in [9.17, 15) is 26.4 Å². The van der Waals surface area contributed by atoms with Crippen molar-refractivity contribution >= 4 is 37.4 Å². The van der Waals surface area contributed by atoms with Gasteiger partial charge in [-0.2, -0.15) is 13.2 Å². The van der Waals surface area contributed by atoms with Gasteiger partial charge in [0.1, 0.15) is 18.0 Å². The average Bonchev–Trinajstić information content (AvgIpc) is 3.15. The molecule has 0 fully saturated rings. The van der Waals surface area contributed by atoms with Crippen LogP contribution in [0, 0.1) is 0 Å². The van der Waals surface area contributed by atoms with Gasteiger partial charge in [0.15, 0.2) is 9.84 Å². The predicted octanol–water partition coefficient (Wildman–Crippen LogP) is 2.23. The van der Waals surface area contributed by atoms with Crippen molar-refractivity contribution in [3.63, 3.8) is 0 Å². The molecule has 1 aromatic carbocycles. The van der Waals surface area contributed by atoms with E-state index >= 15 is 0 Å². The van der Waals surface area contributed by atoms with Crippen LogP contribution < -0.4 is 5.73 Å². The van der Waals surface area contributed by atoms with Crippen LogP contribution in [0.2, 0.25) is 0 Å². The molecule has 1 aromatic heterocycles. The second-order valence-electron chi connectivity index (χ2n) is 5.68. The molecule has 9 nitrogen and oxygen atoms in total. The number of carbonyl (C=O) groups excluding carboxylic acids is 1. The maximum atomic E-state index is 13.0. The fourth-order valence-electron chi connectivity index (χ4n) is 1.99. The van der Waals surface area contributed by atoms with Gasteiger partial charge >= 0.3 is 12.1 Å². The molecule has 0 aliphatic carbocycles. The lowest BCUT2D eigenvalue weighted by Crippen LogP contribution is -2.23. The summed E-state index contributed by atoms with van der Waals surface area (Å²) in [6, 6.07) is 5.50. The Morgan fingerprint density at radius 2 is 2.00 bits per heavy atom. The number of sulfone groups is 1. The van der Waals surface area contributed by atoms with E-state index in [-0.39, 0.29) is 16.3 Å². The fourth-order valence-corrected chi connectivity index (χ4v) is 3.17. The summed E-state index contributed by atoms with van der Waals surface area (Å²) >= 11 is 2.70. The smallest absolute Gasteiger partial charge is 0.431 e. The molecule has 0 amide bonds. The maximum Gasteiger partial charge on any atom is 0.431 e. The maximum absolute atomic E-state index is 13.0. The summed E-state index contributed by atoms with van der Waals surface area (Å²) in [5, 5.41) is 7.35. The Morgan fingerprint density at radius 3 is 2.57 bits per heavy atom. The highest BCUT2D eigenvalue weighted by molar-refractivity contribution is 9.12. The first-order valence-electron chi connectivity index (χ1n) is 7.83. The van der Waals surface area contributed by atoms with Gasteiger partial charge < -0.3 is 14.9 Å². The van der Waals surface area contributed by atoms with Crippen molar-refractivity contribution in [2.24, 2.45) is 10.7 Å². The Bertz CT molecular complexity index is 1130. The van der Waals surface area contributed by atoms with Crippen molar-refractivity contribution in [1.82, 2.24) is 10.2 Å². The molecule has 30 heavy (non-hydrogen) atoms. The van der Waals surface area contributed by atoms with E-state index in [1.165, 1.54) is 24.3 Å². The zero-order chi connectivity index (χ0) is 22.7. The molecule has 0 radical (unpaired) electrons. The van der Waals surface area contributed by atoms with Crippen LogP contribution in [0.25, 0.3) is 11.5 Å². The van der Waals surface area contributed by atoms with Gasteiger partial charge in [-0.3, -0.25) is 9.79 Å². The third kappa shape index (κ3) is 5.66. The molecule has 0 saturated heterocycles. The van der Waals surface area contributed by atoms with Crippen LogP contribution in [0.1, 0.15) is 5.89 Å². The standard InChI is InChI=1S/C16H14BrF3N4O5S/c1-28-10(25)7-22-12(11(17)13(21)16(18,19)20)15-24-23-14(29-15)8-4-3-5-9(6-8)30(2,26)27/h3-6H,7,21H2,1-2H3. The van der Waals surface area contributed by atoms with Crippen molar-refractivity contribution in [2.75, 3.05) is 19.9 Å². The molecular weight excluding hydrogens is 497 g/mol. The lowest BCUT2D eigenvalue weighted by molar-refractivity contribution is -0.138. The number of halogens is 4.